The summed E-state index contributed by atoms with van der Waals surface area (Å²) in [4.78, 5) is 0. The molecule has 3 heteroatoms. The van der Waals surface area contributed by atoms with Gasteiger partial charge in [-0.1, -0.05) is 0 Å². The van der Waals surface area contributed by atoms with E-state index in [1.165, 1.54) is 62.5 Å². The monoisotopic (exact) mass is 626 g/mol. The average Bonchev–Trinajstić information content (AvgIpc) is 3.58. The van der Waals surface area contributed by atoms with Gasteiger partial charge in [-0.2, -0.15) is 0 Å². The second-order valence-corrected chi connectivity index (χ2v) is 22.3. The zero-order valence-electron chi connectivity index (χ0n) is 26.1. The summed E-state index contributed by atoms with van der Waals surface area (Å²) < 4.78 is 15.8. The average molecular weight is 628 g/mol. The third-order valence-corrected chi connectivity index (χ3v) is 19.3. The Bertz CT molecular complexity index is 1320. The number of hydrogen-bond donors (Lipinski definition) is 0. The third kappa shape index (κ3) is 5.78. The van der Waals surface area contributed by atoms with Crippen molar-refractivity contribution in [3.8, 4) is 11.5 Å². The molecule has 2 atom stereocenters. The normalized spacial score (nSPS) is 22.7. The summed E-state index contributed by atoms with van der Waals surface area (Å²) in [6.45, 7) is 13.7. The molecule has 41 heavy (non-hydrogen) atoms. The van der Waals surface area contributed by atoms with Crippen LogP contribution in [0.3, 0.4) is 0 Å². The standard InChI is InChI=1S/2C10H14O.2C9H11.Zr/c2*1-10(2,3)8-5-4-6-9(11)7-8;2*1-2-5-9-7-3-6-8(9)4-1;/h2*4-7,11H,1-3H3;2*3,6-7H,1-2,4-5H2;/q;;;;+2/p-2. The van der Waals surface area contributed by atoms with Crippen molar-refractivity contribution in [1.82, 2.24) is 0 Å². The number of benzene rings is 2. The second-order valence-electron chi connectivity index (χ2n) is 14.7. The first kappa shape index (κ1) is 29.0. The van der Waals surface area contributed by atoms with Gasteiger partial charge in [0.2, 0.25) is 0 Å². The molecule has 0 bridgehead atoms. The Kier molecular flexibility index (Phi) is 7.90. The Labute approximate surface area is 254 Å². The minimum atomic E-state index is -4.19. The Morgan fingerprint density at radius 2 is 1.00 bits per heavy atom. The zero-order chi connectivity index (χ0) is 28.8. The van der Waals surface area contributed by atoms with E-state index in [0.717, 1.165) is 11.5 Å². The summed E-state index contributed by atoms with van der Waals surface area (Å²) in [5, 5.41) is 0. The van der Waals surface area contributed by atoms with Crippen LogP contribution in [0.5, 0.6) is 11.5 Å². The van der Waals surface area contributed by atoms with Crippen molar-refractivity contribution < 1.29 is 26.8 Å². The fraction of sp³-hybridized carbons (Fsp3) is 0.474. The summed E-state index contributed by atoms with van der Waals surface area (Å²) in [5.74, 6) is 1.97. The molecule has 0 amide bonds. The predicted octanol–water partition coefficient (Wildman–Crippen LogP) is 11.2. The Hall–Kier alpha value is -2.12. The molecule has 0 heterocycles. The molecule has 0 aromatic heterocycles. The van der Waals surface area contributed by atoms with Crippen molar-refractivity contribution in [2.75, 3.05) is 0 Å². The third-order valence-electron chi connectivity index (χ3n) is 9.66. The summed E-state index contributed by atoms with van der Waals surface area (Å²) in [7, 11) is 0. The molecule has 2 unspecified atom stereocenters. The molecule has 0 saturated heterocycles. The number of hydrogen-bond acceptors (Lipinski definition) is 2. The molecule has 2 aromatic carbocycles. The van der Waals surface area contributed by atoms with Gasteiger partial charge in [-0.05, 0) is 0 Å². The molecule has 0 N–H and O–H groups in total. The van der Waals surface area contributed by atoms with Crippen LogP contribution in [0.15, 0.2) is 95.1 Å². The Morgan fingerprint density at radius 1 is 0.585 bits per heavy atom. The first-order valence-corrected chi connectivity index (χ1v) is 20.8. The van der Waals surface area contributed by atoms with Crippen LogP contribution in [-0.2, 0) is 32.0 Å². The van der Waals surface area contributed by atoms with E-state index in [0.29, 0.717) is 0 Å². The second kappa shape index (κ2) is 11.2. The molecule has 0 radical (unpaired) electrons. The van der Waals surface area contributed by atoms with Crippen LogP contribution < -0.4 is 5.63 Å². The van der Waals surface area contributed by atoms with E-state index in [1.807, 2.05) is 0 Å². The van der Waals surface area contributed by atoms with E-state index in [2.05, 4.69) is 114 Å². The molecule has 4 aliphatic carbocycles. The van der Waals surface area contributed by atoms with Crippen LogP contribution >= 0.6 is 0 Å². The molecule has 6 rings (SSSR count). The zero-order valence-corrected chi connectivity index (χ0v) is 28.5. The molecule has 4 aliphatic rings. The van der Waals surface area contributed by atoms with Gasteiger partial charge in [0, 0.05) is 0 Å². The summed E-state index contributed by atoms with van der Waals surface area (Å²) in [5.41, 5.74) is 9.07. The first-order valence-electron chi connectivity index (χ1n) is 15.9. The van der Waals surface area contributed by atoms with Gasteiger partial charge in [0.15, 0.2) is 0 Å². The van der Waals surface area contributed by atoms with E-state index in [9.17, 15) is 0 Å². The van der Waals surface area contributed by atoms with Crippen molar-refractivity contribution in [3.63, 3.8) is 0 Å². The summed E-state index contributed by atoms with van der Waals surface area (Å²) in [6.07, 6.45) is 19.7. The van der Waals surface area contributed by atoms with Crippen LogP contribution in [0.25, 0.3) is 0 Å². The van der Waals surface area contributed by atoms with E-state index in [1.54, 1.807) is 22.3 Å². The SMILES string of the molecule is CC(C)(C)c1cccc([O][Zr]([O]c2cccc(C(C)(C)C)c2)([CH]2C=CC3=C2CCCC3)[CH]2C=CC3=C2CCCC3)c1. The van der Waals surface area contributed by atoms with Crippen LogP contribution in [0.2, 0.25) is 7.25 Å². The molecule has 0 fully saturated rings. The molecular weight excluding hydrogens is 580 g/mol. The summed E-state index contributed by atoms with van der Waals surface area (Å²) >= 11 is -4.19. The van der Waals surface area contributed by atoms with E-state index in [-0.39, 0.29) is 18.1 Å². The molecule has 0 aliphatic heterocycles. The van der Waals surface area contributed by atoms with E-state index >= 15 is 0 Å². The van der Waals surface area contributed by atoms with Gasteiger partial charge < -0.3 is 0 Å². The molecule has 0 saturated carbocycles. The van der Waals surface area contributed by atoms with Gasteiger partial charge in [-0.15, -0.1) is 0 Å². The van der Waals surface area contributed by atoms with Crippen LogP contribution in [0.4, 0.5) is 0 Å². The molecular formula is C38H48O2Zr. The predicted molar refractivity (Wildman–Crippen MR) is 168 cm³/mol. The van der Waals surface area contributed by atoms with Crippen LogP contribution in [-0.4, -0.2) is 0 Å². The fourth-order valence-electron chi connectivity index (χ4n) is 7.30. The number of rotatable bonds is 6. The van der Waals surface area contributed by atoms with Crippen LogP contribution in [0, 0.1) is 0 Å². The summed E-state index contributed by atoms with van der Waals surface area (Å²) in [6, 6.07) is 17.8. The quantitative estimate of drug-likeness (QED) is 0.317. The van der Waals surface area contributed by atoms with Crippen molar-refractivity contribution in [2.24, 2.45) is 0 Å². The van der Waals surface area contributed by atoms with Crippen molar-refractivity contribution in [1.29, 1.82) is 0 Å². The first-order chi connectivity index (χ1) is 19.5. The number of allylic oxidation sites excluding steroid dienone is 8. The van der Waals surface area contributed by atoms with Gasteiger partial charge in [-0.3, -0.25) is 0 Å². The van der Waals surface area contributed by atoms with Gasteiger partial charge >= 0.3 is 256 Å². The Balaban J connectivity index is 1.54. The maximum absolute atomic E-state index is 7.65. The Morgan fingerprint density at radius 3 is 1.41 bits per heavy atom. The van der Waals surface area contributed by atoms with Crippen molar-refractivity contribution in [2.45, 2.75) is 111 Å². The van der Waals surface area contributed by atoms with Crippen molar-refractivity contribution >= 4 is 0 Å². The minimum absolute atomic E-state index is 0.0537. The molecule has 2 nitrogen and oxygen atoms in total. The van der Waals surface area contributed by atoms with E-state index in [4.69, 9.17) is 5.63 Å². The maximum atomic E-state index is 7.65. The van der Waals surface area contributed by atoms with E-state index < -0.39 is 21.1 Å². The molecule has 0 spiro atoms. The molecule has 216 valence electrons. The fourth-order valence-corrected chi connectivity index (χ4v) is 17.8. The van der Waals surface area contributed by atoms with Gasteiger partial charge in [0.1, 0.15) is 0 Å². The van der Waals surface area contributed by atoms with Gasteiger partial charge in [0.05, 0.1) is 0 Å². The van der Waals surface area contributed by atoms with Gasteiger partial charge in [-0.25, -0.2) is 0 Å². The van der Waals surface area contributed by atoms with Gasteiger partial charge in [0.25, 0.3) is 0 Å². The van der Waals surface area contributed by atoms with Crippen LogP contribution in [0.1, 0.15) is 104 Å². The van der Waals surface area contributed by atoms with Crippen molar-refractivity contribution in [3.05, 3.63) is 106 Å². The molecule has 2 aromatic rings. The topological polar surface area (TPSA) is 18.5 Å².